The predicted octanol–water partition coefficient (Wildman–Crippen LogP) is 3.67. The van der Waals surface area contributed by atoms with Crippen molar-refractivity contribution in [2.24, 2.45) is 0 Å². The minimum absolute atomic E-state index is 1.34. The number of aliphatic carboxylic acids is 1. The third-order valence-electron chi connectivity index (χ3n) is 1.88. The van der Waals surface area contributed by atoms with Crippen molar-refractivity contribution >= 4 is 5.97 Å². The van der Waals surface area contributed by atoms with Gasteiger partial charge in [-0.25, -0.2) is 9.53 Å². The van der Waals surface area contributed by atoms with Crippen molar-refractivity contribution in [3.63, 3.8) is 0 Å². The number of hydrogen-bond acceptors (Lipinski definition) is 3. The van der Waals surface area contributed by atoms with Crippen molar-refractivity contribution in [3.05, 3.63) is 0 Å². The number of carbonyl (C=O) groups is 1. The molecule has 0 aliphatic heterocycles. The van der Waals surface area contributed by atoms with E-state index in [1.54, 1.807) is 4.74 Å². The SMILES string of the molecule is O=C(O)C(F)(OC(F)(F)C(F)(F)C(F)(F)OC(F)(F)F)C(F)(F)F. The Labute approximate surface area is 120 Å². The maximum Gasteiger partial charge on any atom is 0.527 e. The largest absolute Gasteiger partial charge is 0.527 e. The molecule has 0 rings (SSSR count). The zero-order valence-corrected chi connectivity index (χ0v) is 10.1. The summed E-state index contributed by atoms with van der Waals surface area (Å²) in [5.41, 5.74) is 0. The van der Waals surface area contributed by atoms with Gasteiger partial charge in [0.25, 0.3) is 0 Å². The van der Waals surface area contributed by atoms with Crippen LogP contribution in [0, 0.1) is 0 Å². The van der Waals surface area contributed by atoms with Gasteiger partial charge in [-0.15, -0.1) is 13.2 Å². The van der Waals surface area contributed by atoms with E-state index in [0.29, 0.717) is 0 Å². The molecule has 4 nitrogen and oxygen atoms in total. The molecular formula is C7HF13O4. The van der Waals surface area contributed by atoms with Gasteiger partial charge in [-0.05, 0) is 0 Å². The fourth-order valence-corrected chi connectivity index (χ4v) is 0.842. The molecule has 0 aliphatic carbocycles. The van der Waals surface area contributed by atoms with E-state index in [-0.39, 0.29) is 0 Å². The summed E-state index contributed by atoms with van der Waals surface area (Å²) in [4.78, 5) is 9.95. The standard InChI is InChI=1S/C7HF13O4/c8-2(1(21)22,4(11,12)13)23-5(14,15)3(9,10)6(16,17)24-7(18,19)20/h(H,21,22). The highest BCUT2D eigenvalue weighted by molar-refractivity contribution is 5.76. The van der Waals surface area contributed by atoms with Crippen LogP contribution in [-0.4, -0.2) is 47.6 Å². The molecule has 0 fully saturated rings. The van der Waals surface area contributed by atoms with Gasteiger partial charge < -0.3 is 5.11 Å². The average molecular weight is 396 g/mol. The van der Waals surface area contributed by atoms with E-state index in [4.69, 9.17) is 5.11 Å². The van der Waals surface area contributed by atoms with Crippen molar-refractivity contribution in [1.29, 1.82) is 0 Å². The van der Waals surface area contributed by atoms with Crippen molar-refractivity contribution < 1.29 is 76.5 Å². The van der Waals surface area contributed by atoms with Gasteiger partial charge in [0.15, 0.2) is 0 Å². The quantitative estimate of drug-likeness (QED) is 0.697. The van der Waals surface area contributed by atoms with E-state index in [2.05, 4.69) is 0 Å². The summed E-state index contributed by atoms with van der Waals surface area (Å²) in [5, 5.41) is 7.79. The summed E-state index contributed by atoms with van der Waals surface area (Å²) < 4.78 is 162. The van der Waals surface area contributed by atoms with Crippen LogP contribution >= 0.6 is 0 Å². The number of hydrogen-bond donors (Lipinski definition) is 1. The zero-order chi connectivity index (χ0) is 20.0. The van der Waals surface area contributed by atoms with Crippen molar-refractivity contribution in [2.75, 3.05) is 0 Å². The average Bonchev–Trinajstić information content (AvgIpc) is 2.22. The molecule has 0 spiro atoms. The molecule has 0 saturated heterocycles. The molecule has 1 N–H and O–H groups in total. The number of alkyl halides is 13. The molecule has 0 radical (unpaired) electrons. The van der Waals surface area contributed by atoms with Crippen LogP contribution in [0.2, 0.25) is 0 Å². The summed E-state index contributed by atoms with van der Waals surface area (Å²) in [5.74, 6) is -18.3. The van der Waals surface area contributed by atoms with Gasteiger partial charge in [0.1, 0.15) is 0 Å². The number of carboxylic acid groups (broad SMARTS) is 1. The first kappa shape index (κ1) is 22.5. The highest BCUT2D eigenvalue weighted by atomic mass is 19.4. The van der Waals surface area contributed by atoms with Crippen LogP contribution in [0.4, 0.5) is 57.1 Å². The van der Waals surface area contributed by atoms with Crippen LogP contribution < -0.4 is 0 Å². The maximum atomic E-state index is 12.9. The molecule has 0 amide bonds. The number of carboxylic acids is 1. The summed E-state index contributed by atoms with van der Waals surface area (Å²) in [6.45, 7) is 0. The van der Waals surface area contributed by atoms with Gasteiger partial charge in [0.05, 0.1) is 0 Å². The lowest BCUT2D eigenvalue weighted by molar-refractivity contribution is -0.524. The fourth-order valence-electron chi connectivity index (χ4n) is 0.842. The molecule has 0 aromatic carbocycles. The molecule has 0 aliphatic rings. The molecule has 0 heterocycles. The topological polar surface area (TPSA) is 55.8 Å². The van der Waals surface area contributed by atoms with E-state index in [9.17, 15) is 61.9 Å². The first-order valence-corrected chi connectivity index (χ1v) is 4.70. The van der Waals surface area contributed by atoms with E-state index >= 15 is 0 Å². The van der Waals surface area contributed by atoms with Crippen LogP contribution in [0.15, 0.2) is 0 Å². The Bertz CT molecular complexity index is 480. The lowest BCUT2D eigenvalue weighted by Crippen LogP contribution is -2.63. The molecule has 0 saturated carbocycles. The van der Waals surface area contributed by atoms with Crippen LogP contribution in [0.3, 0.4) is 0 Å². The summed E-state index contributed by atoms with van der Waals surface area (Å²) in [6.07, 6.45) is -28.4. The number of halogens is 13. The van der Waals surface area contributed by atoms with Gasteiger partial charge in [-0.1, -0.05) is 0 Å². The summed E-state index contributed by atoms with van der Waals surface area (Å²) in [7, 11) is 0. The van der Waals surface area contributed by atoms with Gasteiger partial charge in [0.2, 0.25) is 0 Å². The van der Waals surface area contributed by atoms with Gasteiger partial charge in [0, 0.05) is 0 Å². The van der Waals surface area contributed by atoms with Crippen LogP contribution in [0.25, 0.3) is 0 Å². The third-order valence-corrected chi connectivity index (χ3v) is 1.88. The van der Waals surface area contributed by atoms with Crippen molar-refractivity contribution in [2.45, 2.75) is 36.5 Å². The number of rotatable bonds is 6. The van der Waals surface area contributed by atoms with Crippen molar-refractivity contribution in [3.8, 4) is 0 Å². The Morgan fingerprint density at radius 2 is 1.00 bits per heavy atom. The first-order chi connectivity index (χ1) is 10.1. The second-order valence-electron chi connectivity index (χ2n) is 3.66. The zero-order valence-electron chi connectivity index (χ0n) is 10.1. The molecule has 0 bridgehead atoms. The highest BCUT2D eigenvalue weighted by Crippen LogP contribution is 2.52. The number of ether oxygens (including phenoxy) is 2. The molecule has 24 heavy (non-hydrogen) atoms. The Balaban J connectivity index is 5.91. The Kier molecular flexibility index (Phi) is 5.41. The van der Waals surface area contributed by atoms with E-state index in [0.717, 1.165) is 0 Å². The molecule has 1 atom stereocenters. The lowest BCUT2D eigenvalue weighted by Gasteiger charge is -2.35. The summed E-state index contributed by atoms with van der Waals surface area (Å²) in [6, 6.07) is 0. The lowest BCUT2D eigenvalue weighted by atomic mass is 10.2. The monoisotopic (exact) mass is 396 g/mol. The Morgan fingerprint density at radius 1 is 0.667 bits per heavy atom. The van der Waals surface area contributed by atoms with Crippen LogP contribution in [0.5, 0.6) is 0 Å². The Hall–Kier alpha value is -1.52. The molecule has 0 aromatic heterocycles. The molecular weight excluding hydrogens is 395 g/mol. The normalized spacial score (nSPS) is 17.5. The fraction of sp³-hybridized carbons (Fsp3) is 0.857. The van der Waals surface area contributed by atoms with Crippen LogP contribution in [0.1, 0.15) is 0 Å². The highest BCUT2D eigenvalue weighted by Gasteiger charge is 2.81. The van der Waals surface area contributed by atoms with Gasteiger partial charge >= 0.3 is 42.5 Å². The van der Waals surface area contributed by atoms with Gasteiger partial charge in [-0.2, -0.15) is 43.9 Å². The third kappa shape index (κ3) is 4.11. The minimum atomic E-state index is -7.58. The summed E-state index contributed by atoms with van der Waals surface area (Å²) >= 11 is 0. The first-order valence-electron chi connectivity index (χ1n) is 4.70. The second-order valence-corrected chi connectivity index (χ2v) is 3.66. The van der Waals surface area contributed by atoms with E-state index < -0.39 is 42.5 Å². The van der Waals surface area contributed by atoms with Gasteiger partial charge in [-0.3, -0.25) is 4.74 Å². The smallest absolute Gasteiger partial charge is 0.477 e. The second kappa shape index (κ2) is 5.78. The predicted molar refractivity (Wildman–Crippen MR) is 40.6 cm³/mol. The molecule has 1 unspecified atom stereocenters. The van der Waals surface area contributed by atoms with Crippen LogP contribution in [-0.2, 0) is 14.3 Å². The van der Waals surface area contributed by atoms with E-state index in [1.165, 1.54) is 4.74 Å². The maximum absolute atomic E-state index is 12.9. The minimum Gasteiger partial charge on any atom is -0.477 e. The van der Waals surface area contributed by atoms with Crippen molar-refractivity contribution in [1.82, 2.24) is 0 Å². The van der Waals surface area contributed by atoms with E-state index in [1.807, 2.05) is 0 Å². The molecule has 144 valence electrons. The molecule has 17 heteroatoms. The Morgan fingerprint density at radius 3 is 1.25 bits per heavy atom. The molecule has 0 aromatic rings.